The van der Waals surface area contributed by atoms with Gasteiger partial charge in [0.2, 0.25) is 0 Å². The Kier molecular flexibility index (Phi) is 5.63. The van der Waals surface area contributed by atoms with E-state index in [1.165, 1.54) is 0 Å². The number of likely N-dealkylation sites (N-methyl/N-ethyl adjacent to an activating group) is 1. The van der Waals surface area contributed by atoms with Crippen molar-refractivity contribution in [3.8, 4) is 11.8 Å². The van der Waals surface area contributed by atoms with Crippen LogP contribution in [0.1, 0.15) is 25.1 Å². The molecule has 0 spiro atoms. The van der Waals surface area contributed by atoms with Crippen molar-refractivity contribution in [2.24, 2.45) is 0 Å². The SMILES string of the molecule is CCN(C)C[C@@H](C)Oc1nc(N)c2c(n1)CN(c1cc(O)cc3ccccc13)CC2. The Balaban J connectivity index is 1.61. The summed E-state index contributed by atoms with van der Waals surface area (Å²) in [5.41, 5.74) is 9.11. The number of anilines is 2. The number of nitrogens with two attached hydrogens (primary N) is 1. The van der Waals surface area contributed by atoms with Crippen molar-refractivity contribution in [2.45, 2.75) is 32.9 Å². The van der Waals surface area contributed by atoms with Crippen molar-refractivity contribution in [3.63, 3.8) is 0 Å². The fraction of sp³-hybridized carbons (Fsp3) is 0.391. The molecule has 0 saturated heterocycles. The number of phenolic OH excluding ortho intramolecular Hbond substituents is 1. The fourth-order valence-electron chi connectivity index (χ4n) is 4.02. The zero-order chi connectivity index (χ0) is 21.3. The lowest BCUT2D eigenvalue weighted by molar-refractivity contribution is 0.153. The fourth-order valence-corrected chi connectivity index (χ4v) is 4.02. The topological polar surface area (TPSA) is 87.7 Å². The van der Waals surface area contributed by atoms with Crippen molar-refractivity contribution in [2.75, 3.05) is 37.3 Å². The van der Waals surface area contributed by atoms with Crippen molar-refractivity contribution >= 4 is 22.3 Å². The Morgan fingerprint density at radius 3 is 2.87 bits per heavy atom. The Hall–Kier alpha value is -3.06. The smallest absolute Gasteiger partial charge is 0.318 e. The zero-order valence-electron chi connectivity index (χ0n) is 17.8. The molecule has 4 rings (SSSR count). The summed E-state index contributed by atoms with van der Waals surface area (Å²) in [5, 5.41) is 12.3. The highest BCUT2D eigenvalue weighted by Gasteiger charge is 2.24. The van der Waals surface area contributed by atoms with Crippen molar-refractivity contribution in [3.05, 3.63) is 47.7 Å². The summed E-state index contributed by atoms with van der Waals surface area (Å²) in [5.74, 6) is 0.751. The lowest BCUT2D eigenvalue weighted by Gasteiger charge is -2.31. The summed E-state index contributed by atoms with van der Waals surface area (Å²) in [6.45, 7) is 7.24. The first-order valence-electron chi connectivity index (χ1n) is 10.4. The second kappa shape index (κ2) is 8.36. The summed E-state index contributed by atoms with van der Waals surface area (Å²) < 4.78 is 5.96. The van der Waals surface area contributed by atoms with Crippen molar-refractivity contribution < 1.29 is 9.84 Å². The molecule has 3 N–H and O–H groups in total. The third-order valence-electron chi connectivity index (χ3n) is 5.66. The molecule has 1 aliphatic rings. The van der Waals surface area contributed by atoms with Crippen LogP contribution in [0.2, 0.25) is 0 Å². The highest BCUT2D eigenvalue weighted by molar-refractivity contribution is 5.95. The van der Waals surface area contributed by atoms with Gasteiger partial charge in [0.15, 0.2) is 0 Å². The number of nitrogens with zero attached hydrogens (tertiary/aromatic N) is 4. The van der Waals surface area contributed by atoms with E-state index in [-0.39, 0.29) is 11.9 Å². The van der Waals surface area contributed by atoms with E-state index in [4.69, 9.17) is 10.5 Å². The van der Waals surface area contributed by atoms with E-state index in [2.05, 4.69) is 39.8 Å². The number of hydrogen-bond acceptors (Lipinski definition) is 7. The second-order valence-electron chi connectivity index (χ2n) is 7.96. The van der Waals surface area contributed by atoms with E-state index in [1.807, 2.05) is 31.2 Å². The maximum Gasteiger partial charge on any atom is 0.318 e. The summed E-state index contributed by atoms with van der Waals surface area (Å²) >= 11 is 0. The predicted molar refractivity (Wildman–Crippen MR) is 120 cm³/mol. The molecule has 0 unspecified atom stereocenters. The molecule has 0 amide bonds. The number of aromatic nitrogens is 2. The van der Waals surface area contributed by atoms with Gasteiger partial charge in [0.25, 0.3) is 0 Å². The lowest BCUT2D eigenvalue weighted by atomic mass is 10.0. The summed E-state index contributed by atoms with van der Waals surface area (Å²) in [6, 6.07) is 12.0. The van der Waals surface area contributed by atoms with Gasteiger partial charge >= 0.3 is 6.01 Å². The molecule has 0 saturated carbocycles. The summed E-state index contributed by atoms with van der Waals surface area (Å²) in [4.78, 5) is 13.5. The van der Waals surface area contributed by atoms with E-state index >= 15 is 0 Å². The first-order valence-corrected chi connectivity index (χ1v) is 10.4. The van der Waals surface area contributed by atoms with Crippen LogP contribution in [0, 0.1) is 0 Å². The normalized spacial score (nSPS) is 14.7. The van der Waals surface area contributed by atoms with Crippen LogP contribution in [-0.4, -0.2) is 52.8 Å². The van der Waals surface area contributed by atoms with Gasteiger partial charge < -0.3 is 25.4 Å². The number of rotatable bonds is 6. The largest absolute Gasteiger partial charge is 0.508 e. The molecule has 0 bridgehead atoms. The number of ether oxygens (including phenoxy) is 1. The number of aromatic hydroxyl groups is 1. The molecule has 0 fully saturated rings. The van der Waals surface area contributed by atoms with Gasteiger partial charge in [0, 0.05) is 35.8 Å². The number of nitrogen functional groups attached to an aromatic ring is 1. The monoisotopic (exact) mass is 407 g/mol. The van der Waals surface area contributed by atoms with Gasteiger partial charge in [-0.25, -0.2) is 0 Å². The van der Waals surface area contributed by atoms with E-state index in [9.17, 15) is 5.11 Å². The summed E-state index contributed by atoms with van der Waals surface area (Å²) in [7, 11) is 2.05. The summed E-state index contributed by atoms with van der Waals surface area (Å²) in [6.07, 6.45) is 0.710. The minimum atomic E-state index is -0.0397. The van der Waals surface area contributed by atoms with Crippen molar-refractivity contribution in [1.29, 1.82) is 0 Å². The number of phenols is 1. The van der Waals surface area contributed by atoms with Crippen LogP contribution < -0.4 is 15.4 Å². The van der Waals surface area contributed by atoms with Gasteiger partial charge in [-0.1, -0.05) is 31.2 Å². The van der Waals surface area contributed by atoms with Crippen molar-refractivity contribution in [1.82, 2.24) is 14.9 Å². The molecular formula is C23H29N5O2. The zero-order valence-corrected chi connectivity index (χ0v) is 17.8. The van der Waals surface area contributed by atoms with Crippen LogP contribution in [0.3, 0.4) is 0 Å². The van der Waals surface area contributed by atoms with Crippen LogP contribution in [0.4, 0.5) is 11.5 Å². The molecule has 1 atom stereocenters. The second-order valence-corrected chi connectivity index (χ2v) is 7.96. The van der Waals surface area contributed by atoms with Crippen LogP contribution in [0.15, 0.2) is 36.4 Å². The first-order chi connectivity index (χ1) is 14.4. The average molecular weight is 408 g/mol. The quantitative estimate of drug-likeness (QED) is 0.649. The van der Waals surface area contributed by atoms with Gasteiger partial charge in [-0.2, -0.15) is 9.97 Å². The van der Waals surface area contributed by atoms with E-state index < -0.39 is 0 Å². The highest BCUT2D eigenvalue weighted by Crippen LogP contribution is 2.35. The molecule has 3 aromatic rings. The van der Waals surface area contributed by atoms with Crippen LogP contribution >= 0.6 is 0 Å². The molecule has 158 valence electrons. The third-order valence-corrected chi connectivity index (χ3v) is 5.66. The van der Waals surface area contributed by atoms with Gasteiger partial charge in [-0.05, 0) is 38.4 Å². The average Bonchev–Trinajstić information content (AvgIpc) is 2.72. The maximum atomic E-state index is 10.2. The molecule has 1 aromatic heterocycles. The molecule has 7 nitrogen and oxygen atoms in total. The van der Waals surface area contributed by atoms with Crippen LogP contribution in [-0.2, 0) is 13.0 Å². The Morgan fingerprint density at radius 2 is 2.07 bits per heavy atom. The Morgan fingerprint density at radius 1 is 1.27 bits per heavy atom. The molecule has 7 heteroatoms. The molecular weight excluding hydrogens is 378 g/mol. The number of hydrogen-bond donors (Lipinski definition) is 2. The molecule has 0 radical (unpaired) electrons. The molecule has 0 aliphatic carbocycles. The Bertz CT molecular complexity index is 1060. The van der Waals surface area contributed by atoms with E-state index in [0.29, 0.717) is 18.4 Å². The number of fused-ring (bicyclic) bond motifs is 2. The van der Waals surface area contributed by atoms with Crippen LogP contribution in [0.5, 0.6) is 11.8 Å². The molecule has 1 aliphatic heterocycles. The van der Waals surface area contributed by atoms with Gasteiger partial charge in [0.1, 0.15) is 17.7 Å². The van der Waals surface area contributed by atoms with E-state index in [1.54, 1.807) is 6.07 Å². The molecule has 30 heavy (non-hydrogen) atoms. The Labute approximate surface area is 177 Å². The standard InChI is InChI=1S/C23H29N5O2/c1-4-27(3)13-15(2)30-23-25-20-14-28(10-9-19(20)22(24)26-23)21-12-17(29)11-16-7-5-6-8-18(16)21/h5-8,11-12,15,29H,4,9-10,13-14H2,1-3H3,(H2,24,25,26)/t15-/m1/s1. The first kappa shape index (κ1) is 20.2. The maximum absolute atomic E-state index is 10.2. The van der Waals surface area contributed by atoms with Gasteiger partial charge in [-0.3, -0.25) is 0 Å². The van der Waals surface area contributed by atoms with E-state index in [0.717, 1.165) is 53.8 Å². The molecule has 2 heterocycles. The minimum absolute atomic E-state index is 0.0397. The predicted octanol–water partition coefficient (Wildman–Crippen LogP) is 3.20. The lowest BCUT2D eigenvalue weighted by Crippen LogP contribution is -2.33. The van der Waals surface area contributed by atoms with Gasteiger partial charge in [-0.15, -0.1) is 0 Å². The minimum Gasteiger partial charge on any atom is -0.508 e. The highest BCUT2D eigenvalue weighted by atomic mass is 16.5. The van der Waals surface area contributed by atoms with Gasteiger partial charge in [0.05, 0.1) is 12.2 Å². The van der Waals surface area contributed by atoms with Crippen LogP contribution in [0.25, 0.3) is 10.8 Å². The number of benzene rings is 2. The molecule has 2 aromatic carbocycles. The third kappa shape index (κ3) is 4.11.